The first kappa shape index (κ1) is 16.0. The number of rotatable bonds is 7. The lowest BCUT2D eigenvalue weighted by Crippen LogP contribution is -2.39. The number of carboxylic acids is 1. The fraction of sp³-hybridized carbons (Fsp3) is 0.429. The molecule has 0 fully saturated rings. The van der Waals surface area contributed by atoms with Crippen LogP contribution in [0.2, 0.25) is 0 Å². The summed E-state index contributed by atoms with van der Waals surface area (Å²) in [6.45, 7) is 4.38. The van der Waals surface area contributed by atoms with Gasteiger partial charge in [0, 0.05) is 19.3 Å². The molecule has 0 aliphatic heterocycles. The Balaban J connectivity index is 2.62. The molecule has 0 bridgehead atoms. The maximum atomic E-state index is 11.8. The molecule has 1 aromatic rings. The zero-order valence-corrected chi connectivity index (χ0v) is 11.9. The number of benzene rings is 1. The molecule has 1 amide bonds. The summed E-state index contributed by atoms with van der Waals surface area (Å²) in [6.07, 6.45) is 0. The quantitative estimate of drug-likeness (QED) is 0.654. The molecule has 0 saturated carbocycles. The number of aromatic carboxylic acids is 1. The number of hydrogen-bond acceptors (Lipinski definition) is 4. The zero-order chi connectivity index (χ0) is 15.1. The molecular formula is C14H20N2O4. The Kier molecular flexibility index (Phi) is 5.99. The van der Waals surface area contributed by atoms with Crippen LogP contribution in [0.1, 0.15) is 22.8 Å². The number of amides is 1. The van der Waals surface area contributed by atoms with Crippen LogP contribution in [0.25, 0.3) is 0 Å². The average Bonchev–Trinajstić information content (AvgIpc) is 2.38. The third-order valence-electron chi connectivity index (χ3n) is 2.84. The van der Waals surface area contributed by atoms with Crippen molar-refractivity contribution in [3.8, 4) is 0 Å². The van der Waals surface area contributed by atoms with Crippen LogP contribution in [-0.4, -0.2) is 43.3 Å². The van der Waals surface area contributed by atoms with E-state index in [1.54, 1.807) is 33.1 Å². The number of carbonyl (C=O) groups is 2. The van der Waals surface area contributed by atoms with Gasteiger partial charge in [-0.05, 0) is 37.6 Å². The van der Waals surface area contributed by atoms with Crippen molar-refractivity contribution in [1.82, 2.24) is 5.32 Å². The zero-order valence-electron chi connectivity index (χ0n) is 11.9. The molecule has 6 nitrogen and oxygen atoms in total. The van der Waals surface area contributed by atoms with Crippen LogP contribution >= 0.6 is 0 Å². The fourth-order valence-electron chi connectivity index (χ4n) is 1.74. The Morgan fingerprint density at radius 2 is 2.10 bits per heavy atom. The van der Waals surface area contributed by atoms with Gasteiger partial charge < -0.3 is 20.5 Å². The van der Waals surface area contributed by atoms with Crippen LogP contribution in [0.15, 0.2) is 18.2 Å². The van der Waals surface area contributed by atoms with E-state index < -0.39 is 12.0 Å². The van der Waals surface area contributed by atoms with E-state index in [1.165, 1.54) is 6.07 Å². The molecule has 0 spiro atoms. The molecule has 3 N–H and O–H groups in total. The highest BCUT2D eigenvalue weighted by Gasteiger charge is 2.13. The Morgan fingerprint density at radius 1 is 1.40 bits per heavy atom. The maximum Gasteiger partial charge on any atom is 0.335 e. The lowest BCUT2D eigenvalue weighted by atomic mass is 10.1. The van der Waals surface area contributed by atoms with Gasteiger partial charge in [0.15, 0.2) is 0 Å². The number of carbonyl (C=O) groups excluding carboxylic acids is 1. The molecule has 1 aromatic carbocycles. The van der Waals surface area contributed by atoms with Gasteiger partial charge in [-0.3, -0.25) is 4.79 Å². The predicted molar refractivity (Wildman–Crippen MR) is 76.1 cm³/mol. The highest BCUT2D eigenvalue weighted by atomic mass is 16.5. The van der Waals surface area contributed by atoms with Crippen molar-refractivity contribution in [2.75, 3.05) is 25.6 Å². The minimum atomic E-state index is -0.959. The van der Waals surface area contributed by atoms with Gasteiger partial charge in [0.1, 0.15) is 6.04 Å². The van der Waals surface area contributed by atoms with E-state index in [-0.39, 0.29) is 11.5 Å². The van der Waals surface area contributed by atoms with Gasteiger partial charge in [-0.25, -0.2) is 4.79 Å². The molecule has 0 radical (unpaired) electrons. The summed E-state index contributed by atoms with van der Waals surface area (Å²) in [5.74, 6) is -1.10. The highest BCUT2D eigenvalue weighted by Crippen LogP contribution is 2.16. The minimum absolute atomic E-state index is 0.137. The Morgan fingerprint density at radius 3 is 2.65 bits per heavy atom. The van der Waals surface area contributed by atoms with Gasteiger partial charge in [-0.1, -0.05) is 0 Å². The summed E-state index contributed by atoms with van der Waals surface area (Å²) < 4.78 is 4.85. The van der Waals surface area contributed by atoms with E-state index in [1.807, 2.05) is 0 Å². The summed E-state index contributed by atoms with van der Waals surface area (Å²) in [6, 6.07) is 4.47. The van der Waals surface area contributed by atoms with Gasteiger partial charge in [0.05, 0.1) is 12.2 Å². The molecule has 1 rings (SSSR count). The smallest absolute Gasteiger partial charge is 0.335 e. The van der Waals surface area contributed by atoms with Gasteiger partial charge in [0.2, 0.25) is 5.91 Å². The summed E-state index contributed by atoms with van der Waals surface area (Å²) in [4.78, 5) is 22.7. The third kappa shape index (κ3) is 4.55. The van der Waals surface area contributed by atoms with Gasteiger partial charge in [-0.2, -0.15) is 0 Å². The van der Waals surface area contributed by atoms with Crippen molar-refractivity contribution >= 4 is 17.6 Å². The van der Waals surface area contributed by atoms with Crippen LogP contribution in [0, 0.1) is 6.92 Å². The molecule has 1 atom stereocenters. The number of carboxylic acid groups (broad SMARTS) is 1. The van der Waals surface area contributed by atoms with E-state index in [9.17, 15) is 9.59 Å². The maximum absolute atomic E-state index is 11.8. The topological polar surface area (TPSA) is 87.7 Å². The van der Waals surface area contributed by atoms with Crippen LogP contribution in [-0.2, 0) is 9.53 Å². The second-order valence-corrected chi connectivity index (χ2v) is 4.48. The van der Waals surface area contributed by atoms with Crippen molar-refractivity contribution in [1.29, 1.82) is 0 Å². The number of aryl methyl sites for hydroxylation is 1. The Bertz CT molecular complexity index is 488. The molecule has 110 valence electrons. The minimum Gasteiger partial charge on any atom is -0.478 e. The second-order valence-electron chi connectivity index (χ2n) is 4.48. The monoisotopic (exact) mass is 280 g/mol. The van der Waals surface area contributed by atoms with Gasteiger partial charge >= 0.3 is 5.97 Å². The number of methoxy groups -OCH3 is 1. The fourth-order valence-corrected chi connectivity index (χ4v) is 1.74. The van der Waals surface area contributed by atoms with Gasteiger partial charge in [-0.15, -0.1) is 0 Å². The summed E-state index contributed by atoms with van der Waals surface area (Å²) >= 11 is 0. The first-order chi connectivity index (χ1) is 9.45. The van der Waals surface area contributed by atoms with E-state index in [2.05, 4.69) is 10.6 Å². The van der Waals surface area contributed by atoms with E-state index in [4.69, 9.17) is 9.84 Å². The Labute approximate surface area is 118 Å². The first-order valence-electron chi connectivity index (χ1n) is 6.33. The molecule has 6 heteroatoms. The summed E-state index contributed by atoms with van der Waals surface area (Å²) in [5.41, 5.74) is 1.61. The Hall–Kier alpha value is -2.08. The lowest BCUT2D eigenvalue weighted by Gasteiger charge is -2.16. The van der Waals surface area contributed by atoms with Crippen LogP contribution in [0.4, 0.5) is 5.69 Å². The van der Waals surface area contributed by atoms with Crippen molar-refractivity contribution in [3.05, 3.63) is 29.3 Å². The molecule has 0 aliphatic carbocycles. The van der Waals surface area contributed by atoms with Crippen molar-refractivity contribution < 1.29 is 19.4 Å². The third-order valence-corrected chi connectivity index (χ3v) is 2.84. The molecule has 0 aromatic heterocycles. The average molecular weight is 280 g/mol. The molecule has 20 heavy (non-hydrogen) atoms. The lowest BCUT2D eigenvalue weighted by molar-refractivity contribution is -0.121. The van der Waals surface area contributed by atoms with Crippen LogP contribution in [0.3, 0.4) is 0 Å². The van der Waals surface area contributed by atoms with Crippen molar-refractivity contribution in [2.24, 2.45) is 0 Å². The van der Waals surface area contributed by atoms with E-state index in [0.29, 0.717) is 24.4 Å². The summed E-state index contributed by atoms with van der Waals surface area (Å²) in [7, 11) is 1.57. The number of anilines is 1. The predicted octanol–water partition coefficient (Wildman–Crippen LogP) is 1.26. The molecule has 1 unspecified atom stereocenters. The standard InChI is InChI=1S/C14H20N2O4/c1-9-8-11(4-5-12(9)14(18)19)16-10(2)13(17)15-6-7-20-3/h4-5,8,10,16H,6-7H2,1-3H3,(H,15,17)(H,18,19). The normalized spacial score (nSPS) is 11.8. The van der Waals surface area contributed by atoms with E-state index >= 15 is 0 Å². The first-order valence-corrected chi connectivity index (χ1v) is 6.33. The number of hydrogen-bond donors (Lipinski definition) is 3. The molecular weight excluding hydrogens is 260 g/mol. The summed E-state index contributed by atoms with van der Waals surface area (Å²) in [5, 5.41) is 14.7. The van der Waals surface area contributed by atoms with Crippen LogP contribution < -0.4 is 10.6 Å². The molecule has 0 heterocycles. The van der Waals surface area contributed by atoms with Crippen molar-refractivity contribution in [3.63, 3.8) is 0 Å². The molecule has 0 saturated heterocycles. The molecule has 0 aliphatic rings. The number of nitrogens with one attached hydrogen (secondary N) is 2. The highest BCUT2D eigenvalue weighted by molar-refractivity contribution is 5.90. The largest absolute Gasteiger partial charge is 0.478 e. The van der Waals surface area contributed by atoms with Gasteiger partial charge in [0.25, 0.3) is 0 Å². The van der Waals surface area contributed by atoms with Crippen molar-refractivity contribution in [2.45, 2.75) is 19.9 Å². The van der Waals surface area contributed by atoms with Crippen LogP contribution in [0.5, 0.6) is 0 Å². The SMILES string of the molecule is COCCNC(=O)C(C)Nc1ccc(C(=O)O)c(C)c1. The number of ether oxygens (including phenoxy) is 1. The second kappa shape index (κ2) is 7.49. The van der Waals surface area contributed by atoms with E-state index in [0.717, 1.165) is 0 Å².